The first kappa shape index (κ1) is 9.78. The summed E-state index contributed by atoms with van der Waals surface area (Å²) in [5, 5.41) is 0. The van der Waals surface area contributed by atoms with Gasteiger partial charge in [-0.1, -0.05) is 25.5 Å². The Morgan fingerprint density at radius 2 is 2.23 bits per heavy atom. The lowest BCUT2D eigenvalue weighted by Crippen LogP contribution is -1.93. The van der Waals surface area contributed by atoms with Crippen molar-refractivity contribution in [3.05, 3.63) is 29.3 Å². The molecule has 0 unspecified atom stereocenters. The highest BCUT2D eigenvalue weighted by molar-refractivity contribution is 5.75. The summed E-state index contributed by atoms with van der Waals surface area (Å²) >= 11 is 0. The maximum atomic E-state index is 10.5. The molecule has 1 aromatic carbocycles. The third-order valence-electron chi connectivity index (χ3n) is 1.97. The van der Waals surface area contributed by atoms with Crippen LogP contribution >= 0.6 is 0 Å². The molecule has 2 heteroatoms. The van der Waals surface area contributed by atoms with E-state index in [-0.39, 0.29) is 0 Å². The molecule has 0 spiro atoms. The summed E-state index contributed by atoms with van der Waals surface area (Å²) < 4.78 is 5.18. The molecule has 0 fully saturated rings. The van der Waals surface area contributed by atoms with Crippen LogP contribution in [0.15, 0.2) is 18.2 Å². The summed E-state index contributed by atoms with van der Waals surface area (Å²) in [6.45, 7) is 2.12. The quantitative estimate of drug-likeness (QED) is 0.662. The van der Waals surface area contributed by atoms with Gasteiger partial charge in [0.15, 0.2) is 0 Å². The smallest absolute Gasteiger partial charge is 0.150 e. The van der Waals surface area contributed by atoms with Crippen molar-refractivity contribution >= 4 is 6.29 Å². The summed E-state index contributed by atoms with van der Waals surface area (Å²) in [7, 11) is 1.63. The first-order chi connectivity index (χ1) is 6.31. The van der Waals surface area contributed by atoms with Crippen LogP contribution in [-0.2, 0) is 6.42 Å². The Labute approximate surface area is 78.5 Å². The van der Waals surface area contributed by atoms with Crippen LogP contribution in [0.1, 0.15) is 29.3 Å². The molecule has 1 aromatic rings. The molecule has 70 valence electrons. The van der Waals surface area contributed by atoms with Crippen LogP contribution in [-0.4, -0.2) is 13.4 Å². The van der Waals surface area contributed by atoms with Gasteiger partial charge in [0, 0.05) is 5.56 Å². The highest BCUT2D eigenvalue weighted by atomic mass is 16.5. The number of methoxy groups -OCH3 is 1. The van der Waals surface area contributed by atoms with Gasteiger partial charge in [0.2, 0.25) is 0 Å². The molecule has 0 aliphatic heterocycles. The van der Waals surface area contributed by atoms with Gasteiger partial charge in [0.25, 0.3) is 0 Å². The molecular weight excluding hydrogens is 164 g/mol. The monoisotopic (exact) mass is 178 g/mol. The molecule has 0 amide bonds. The molecular formula is C11H14O2. The number of aldehydes is 1. The first-order valence-corrected chi connectivity index (χ1v) is 4.44. The highest BCUT2D eigenvalue weighted by Crippen LogP contribution is 2.20. The van der Waals surface area contributed by atoms with Crippen LogP contribution in [0, 0.1) is 0 Å². The van der Waals surface area contributed by atoms with E-state index >= 15 is 0 Å². The van der Waals surface area contributed by atoms with Crippen molar-refractivity contribution in [2.45, 2.75) is 19.8 Å². The standard InChI is InChI=1S/C11H14O2/c1-3-4-10-6-5-9(8-12)7-11(10)13-2/h5-8H,3-4H2,1-2H3. The van der Waals surface area contributed by atoms with E-state index in [0.717, 1.165) is 30.4 Å². The molecule has 0 aromatic heterocycles. The van der Waals surface area contributed by atoms with Crippen LogP contribution in [0.4, 0.5) is 0 Å². The van der Waals surface area contributed by atoms with Gasteiger partial charge in [0.05, 0.1) is 7.11 Å². The summed E-state index contributed by atoms with van der Waals surface area (Å²) in [6, 6.07) is 5.55. The largest absolute Gasteiger partial charge is 0.496 e. The lowest BCUT2D eigenvalue weighted by Gasteiger charge is -2.07. The number of hydrogen-bond donors (Lipinski definition) is 0. The third-order valence-corrected chi connectivity index (χ3v) is 1.97. The Bertz CT molecular complexity index is 292. The molecule has 1 rings (SSSR count). The predicted octanol–water partition coefficient (Wildman–Crippen LogP) is 2.46. The first-order valence-electron chi connectivity index (χ1n) is 4.44. The van der Waals surface area contributed by atoms with Gasteiger partial charge in [-0.15, -0.1) is 0 Å². The average molecular weight is 178 g/mol. The fourth-order valence-electron chi connectivity index (χ4n) is 1.31. The van der Waals surface area contributed by atoms with E-state index in [1.807, 2.05) is 12.1 Å². The van der Waals surface area contributed by atoms with E-state index in [1.165, 1.54) is 0 Å². The van der Waals surface area contributed by atoms with Crippen LogP contribution in [0.25, 0.3) is 0 Å². The zero-order valence-corrected chi connectivity index (χ0v) is 8.04. The van der Waals surface area contributed by atoms with Crippen molar-refractivity contribution in [3.8, 4) is 5.75 Å². The zero-order chi connectivity index (χ0) is 9.68. The van der Waals surface area contributed by atoms with Gasteiger partial charge in [-0.25, -0.2) is 0 Å². The van der Waals surface area contributed by atoms with E-state index in [1.54, 1.807) is 13.2 Å². The lowest BCUT2D eigenvalue weighted by molar-refractivity contribution is 0.112. The zero-order valence-electron chi connectivity index (χ0n) is 8.04. The van der Waals surface area contributed by atoms with Crippen molar-refractivity contribution in [3.63, 3.8) is 0 Å². The molecule has 13 heavy (non-hydrogen) atoms. The van der Waals surface area contributed by atoms with Crippen molar-refractivity contribution in [2.24, 2.45) is 0 Å². The second-order valence-corrected chi connectivity index (χ2v) is 2.94. The minimum Gasteiger partial charge on any atom is -0.496 e. The maximum Gasteiger partial charge on any atom is 0.150 e. The molecule has 0 N–H and O–H groups in total. The second kappa shape index (κ2) is 4.65. The van der Waals surface area contributed by atoms with E-state index in [9.17, 15) is 4.79 Å². The Morgan fingerprint density at radius 1 is 1.46 bits per heavy atom. The lowest BCUT2D eigenvalue weighted by atomic mass is 10.1. The Kier molecular flexibility index (Phi) is 3.50. The van der Waals surface area contributed by atoms with E-state index in [4.69, 9.17) is 4.74 Å². The number of aryl methyl sites for hydroxylation is 1. The topological polar surface area (TPSA) is 26.3 Å². The van der Waals surface area contributed by atoms with Crippen molar-refractivity contribution in [1.29, 1.82) is 0 Å². The number of benzene rings is 1. The van der Waals surface area contributed by atoms with Gasteiger partial charge in [-0.3, -0.25) is 4.79 Å². The van der Waals surface area contributed by atoms with Gasteiger partial charge in [-0.2, -0.15) is 0 Å². The average Bonchev–Trinajstić information content (AvgIpc) is 2.19. The fourth-order valence-corrected chi connectivity index (χ4v) is 1.31. The van der Waals surface area contributed by atoms with E-state index in [2.05, 4.69) is 6.92 Å². The van der Waals surface area contributed by atoms with E-state index < -0.39 is 0 Å². The summed E-state index contributed by atoms with van der Waals surface area (Å²) in [5.41, 5.74) is 1.83. The molecule has 0 bridgehead atoms. The summed E-state index contributed by atoms with van der Waals surface area (Å²) in [4.78, 5) is 10.5. The summed E-state index contributed by atoms with van der Waals surface area (Å²) in [5.74, 6) is 0.812. The molecule has 0 aliphatic rings. The predicted molar refractivity (Wildman–Crippen MR) is 52.4 cm³/mol. The molecule has 0 aliphatic carbocycles. The minimum atomic E-state index is 0.664. The molecule has 0 atom stereocenters. The van der Waals surface area contributed by atoms with Crippen LogP contribution in [0.3, 0.4) is 0 Å². The van der Waals surface area contributed by atoms with Crippen molar-refractivity contribution < 1.29 is 9.53 Å². The minimum absolute atomic E-state index is 0.664. The Hall–Kier alpha value is -1.31. The second-order valence-electron chi connectivity index (χ2n) is 2.94. The normalized spacial score (nSPS) is 9.69. The molecule has 0 saturated heterocycles. The van der Waals surface area contributed by atoms with E-state index in [0.29, 0.717) is 5.56 Å². The van der Waals surface area contributed by atoms with Crippen molar-refractivity contribution in [2.75, 3.05) is 7.11 Å². The summed E-state index contributed by atoms with van der Waals surface area (Å²) in [6.07, 6.45) is 2.90. The van der Waals surface area contributed by atoms with Crippen LogP contribution in [0.5, 0.6) is 5.75 Å². The molecule has 0 saturated carbocycles. The number of hydrogen-bond acceptors (Lipinski definition) is 2. The number of ether oxygens (including phenoxy) is 1. The van der Waals surface area contributed by atoms with Gasteiger partial charge < -0.3 is 4.74 Å². The Morgan fingerprint density at radius 3 is 2.77 bits per heavy atom. The Balaban J connectivity index is 3.00. The SMILES string of the molecule is CCCc1ccc(C=O)cc1OC. The highest BCUT2D eigenvalue weighted by Gasteiger charge is 2.02. The van der Waals surface area contributed by atoms with Crippen LogP contribution in [0.2, 0.25) is 0 Å². The fraction of sp³-hybridized carbons (Fsp3) is 0.364. The number of carbonyl (C=O) groups excluding carboxylic acids is 1. The van der Waals surface area contributed by atoms with Gasteiger partial charge in [0.1, 0.15) is 12.0 Å². The van der Waals surface area contributed by atoms with Gasteiger partial charge in [-0.05, 0) is 18.1 Å². The van der Waals surface area contributed by atoms with Crippen LogP contribution < -0.4 is 4.74 Å². The number of rotatable bonds is 4. The molecule has 0 heterocycles. The molecule has 2 nitrogen and oxygen atoms in total. The van der Waals surface area contributed by atoms with Gasteiger partial charge >= 0.3 is 0 Å². The molecule has 0 radical (unpaired) electrons. The maximum absolute atomic E-state index is 10.5. The number of carbonyl (C=O) groups is 1. The third kappa shape index (κ3) is 2.31. The van der Waals surface area contributed by atoms with Crippen molar-refractivity contribution in [1.82, 2.24) is 0 Å².